The SMILES string of the molecule is CC1CCCN1C(=O)OC1CCCN1C. The lowest BCUT2D eigenvalue weighted by atomic mass is 10.2. The molecule has 15 heavy (non-hydrogen) atoms. The first-order valence-corrected chi connectivity index (χ1v) is 5.86. The number of nitrogens with zero attached hydrogens (tertiary/aromatic N) is 2. The highest BCUT2D eigenvalue weighted by Crippen LogP contribution is 2.21. The minimum absolute atomic E-state index is 0.00491. The molecule has 2 heterocycles. The zero-order chi connectivity index (χ0) is 10.8. The van der Waals surface area contributed by atoms with Crippen molar-refractivity contribution in [3.63, 3.8) is 0 Å². The molecule has 0 aromatic heterocycles. The molecule has 0 spiro atoms. The maximum atomic E-state index is 11.8. The smallest absolute Gasteiger partial charge is 0.411 e. The Morgan fingerprint density at radius 3 is 2.53 bits per heavy atom. The minimum Gasteiger partial charge on any atom is -0.430 e. The normalized spacial score (nSPS) is 32.3. The van der Waals surface area contributed by atoms with Gasteiger partial charge in [-0.25, -0.2) is 4.79 Å². The Balaban J connectivity index is 1.86. The predicted molar refractivity (Wildman–Crippen MR) is 57.5 cm³/mol. The Kier molecular flexibility index (Phi) is 3.14. The number of likely N-dealkylation sites (tertiary alicyclic amines) is 2. The van der Waals surface area contributed by atoms with Crippen LogP contribution in [-0.4, -0.2) is 48.3 Å². The lowest BCUT2D eigenvalue weighted by Crippen LogP contribution is -2.39. The average Bonchev–Trinajstić information content (AvgIpc) is 2.76. The molecule has 0 aliphatic carbocycles. The van der Waals surface area contributed by atoms with Gasteiger partial charge >= 0.3 is 6.09 Å². The van der Waals surface area contributed by atoms with Crippen LogP contribution >= 0.6 is 0 Å². The predicted octanol–water partition coefficient (Wildman–Crippen LogP) is 1.66. The molecule has 2 unspecified atom stereocenters. The second-order valence-electron chi connectivity index (χ2n) is 4.65. The molecular weight excluding hydrogens is 192 g/mol. The summed E-state index contributed by atoms with van der Waals surface area (Å²) in [5.74, 6) is 0. The molecule has 0 saturated carbocycles. The molecule has 86 valence electrons. The fraction of sp³-hybridized carbons (Fsp3) is 0.909. The van der Waals surface area contributed by atoms with Crippen LogP contribution in [0, 0.1) is 0 Å². The van der Waals surface area contributed by atoms with Crippen molar-refractivity contribution in [2.45, 2.75) is 44.9 Å². The van der Waals surface area contributed by atoms with E-state index >= 15 is 0 Å². The van der Waals surface area contributed by atoms with E-state index in [0.29, 0.717) is 6.04 Å². The van der Waals surface area contributed by atoms with Crippen LogP contribution in [0.1, 0.15) is 32.6 Å². The third-order valence-electron chi connectivity index (χ3n) is 3.48. The second kappa shape index (κ2) is 4.39. The first kappa shape index (κ1) is 10.7. The zero-order valence-corrected chi connectivity index (χ0v) is 9.61. The molecule has 0 aromatic rings. The largest absolute Gasteiger partial charge is 0.430 e. The molecule has 0 N–H and O–H groups in total. The Labute approximate surface area is 91.2 Å². The molecule has 0 radical (unpaired) electrons. The van der Waals surface area contributed by atoms with E-state index in [1.807, 2.05) is 11.9 Å². The van der Waals surface area contributed by atoms with E-state index in [9.17, 15) is 4.79 Å². The van der Waals surface area contributed by atoms with Gasteiger partial charge in [-0.15, -0.1) is 0 Å². The van der Waals surface area contributed by atoms with E-state index in [4.69, 9.17) is 4.74 Å². The van der Waals surface area contributed by atoms with Gasteiger partial charge in [0, 0.05) is 19.1 Å². The van der Waals surface area contributed by atoms with Crippen molar-refractivity contribution < 1.29 is 9.53 Å². The molecule has 1 amide bonds. The number of ether oxygens (including phenoxy) is 1. The summed E-state index contributed by atoms with van der Waals surface area (Å²) in [7, 11) is 2.01. The van der Waals surface area contributed by atoms with Crippen LogP contribution in [0.15, 0.2) is 0 Å². The van der Waals surface area contributed by atoms with E-state index in [1.165, 1.54) is 0 Å². The number of rotatable bonds is 1. The fourth-order valence-corrected chi connectivity index (χ4v) is 2.42. The van der Waals surface area contributed by atoms with Gasteiger partial charge < -0.3 is 9.64 Å². The van der Waals surface area contributed by atoms with Gasteiger partial charge in [-0.2, -0.15) is 0 Å². The summed E-state index contributed by atoms with van der Waals surface area (Å²) in [5.41, 5.74) is 0. The summed E-state index contributed by atoms with van der Waals surface area (Å²) in [6.07, 6.45) is 4.20. The fourth-order valence-electron chi connectivity index (χ4n) is 2.42. The van der Waals surface area contributed by atoms with Crippen LogP contribution in [0.4, 0.5) is 4.79 Å². The molecule has 2 aliphatic heterocycles. The Morgan fingerprint density at radius 2 is 2.00 bits per heavy atom. The van der Waals surface area contributed by atoms with Crippen LogP contribution in [0.25, 0.3) is 0 Å². The quantitative estimate of drug-likeness (QED) is 0.662. The average molecular weight is 212 g/mol. The summed E-state index contributed by atoms with van der Waals surface area (Å²) < 4.78 is 5.49. The highest BCUT2D eigenvalue weighted by Gasteiger charge is 2.30. The maximum absolute atomic E-state index is 11.8. The summed E-state index contributed by atoms with van der Waals surface area (Å²) >= 11 is 0. The molecule has 2 atom stereocenters. The Hall–Kier alpha value is -0.770. The van der Waals surface area contributed by atoms with Gasteiger partial charge in [0.2, 0.25) is 0 Å². The van der Waals surface area contributed by atoms with E-state index < -0.39 is 0 Å². The Morgan fingerprint density at radius 1 is 1.27 bits per heavy atom. The van der Waals surface area contributed by atoms with E-state index in [2.05, 4.69) is 11.8 Å². The number of carbonyl (C=O) groups is 1. The van der Waals surface area contributed by atoms with Crippen molar-refractivity contribution in [3.8, 4) is 0 Å². The summed E-state index contributed by atoms with van der Waals surface area (Å²) in [5, 5.41) is 0. The summed E-state index contributed by atoms with van der Waals surface area (Å²) in [6.45, 7) is 3.98. The van der Waals surface area contributed by atoms with Crippen molar-refractivity contribution in [2.24, 2.45) is 0 Å². The van der Waals surface area contributed by atoms with Crippen molar-refractivity contribution in [3.05, 3.63) is 0 Å². The van der Waals surface area contributed by atoms with Crippen LogP contribution in [0.2, 0.25) is 0 Å². The molecule has 0 aromatic carbocycles. The van der Waals surface area contributed by atoms with Gasteiger partial charge in [-0.05, 0) is 39.7 Å². The Bertz CT molecular complexity index is 245. The number of amides is 1. The summed E-state index contributed by atoms with van der Waals surface area (Å²) in [6, 6.07) is 0.351. The standard InChI is InChI=1S/C11H20N2O2/c1-9-5-3-8-13(9)11(14)15-10-6-4-7-12(10)2/h9-10H,3-8H2,1-2H3. The molecule has 4 nitrogen and oxygen atoms in total. The molecular formula is C11H20N2O2. The van der Waals surface area contributed by atoms with Gasteiger partial charge in [0.1, 0.15) is 0 Å². The van der Waals surface area contributed by atoms with Gasteiger partial charge in [0.15, 0.2) is 6.23 Å². The van der Waals surface area contributed by atoms with Crippen LogP contribution < -0.4 is 0 Å². The minimum atomic E-state index is -0.126. The molecule has 4 heteroatoms. The molecule has 2 saturated heterocycles. The van der Waals surface area contributed by atoms with Crippen LogP contribution in [0.3, 0.4) is 0 Å². The monoisotopic (exact) mass is 212 g/mol. The first-order chi connectivity index (χ1) is 7.18. The third kappa shape index (κ3) is 2.25. The van der Waals surface area contributed by atoms with Gasteiger partial charge in [0.05, 0.1) is 0 Å². The zero-order valence-electron chi connectivity index (χ0n) is 9.61. The number of hydrogen-bond acceptors (Lipinski definition) is 3. The van der Waals surface area contributed by atoms with E-state index in [-0.39, 0.29) is 12.3 Å². The van der Waals surface area contributed by atoms with Crippen molar-refractivity contribution in [1.29, 1.82) is 0 Å². The van der Waals surface area contributed by atoms with E-state index in [1.54, 1.807) is 0 Å². The van der Waals surface area contributed by atoms with Crippen LogP contribution in [0.5, 0.6) is 0 Å². The molecule has 2 aliphatic rings. The molecule has 2 fully saturated rings. The van der Waals surface area contributed by atoms with Crippen molar-refractivity contribution in [1.82, 2.24) is 9.80 Å². The third-order valence-corrected chi connectivity index (χ3v) is 3.48. The van der Waals surface area contributed by atoms with Gasteiger partial charge in [-0.3, -0.25) is 4.90 Å². The number of hydrogen-bond donors (Lipinski definition) is 0. The van der Waals surface area contributed by atoms with Gasteiger partial charge in [-0.1, -0.05) is 0 Å². The van der Waals surface area contributed by atoms with E-state index in [0.717, 1.165) is 38.8 Å². The first-order valence-electron chi connectivity index (χ1n) is 5.86. The van der Waals surface area contributed by atoms with Gasteiger partial charge in [0.25, 0.3) is 0 Å². The lowest BCUT2D eigenvalue weighted by Gasteiger charge is -2.25. The summed E-state index contributed by atoms with van der Waals surface area (Å²) in [4.78, 5) is 15.8. The van der Waals surface area contributed by atoms with Crippen LogP contribution in [-0.2, 0) is 4.74 Å². The molecule has 0 bridgehead atoms. The lowest BCUT2D eigenvalue weighted by molar-refractivity contribution is 0.00464. The topological polar surface area (TPSA) is 32.8 Å². The van der Waals surface area contributed by atoms with Crippen molar-refractivity contribution in [2.75, 3.05) is 20.1 Å². The van der Waals surface area contributed by atoms with Crippen molar-refractivity contribution >= 4 is 6.09 Å². The second-order valence-corrected chi connectivity index (χ2v) is 4.65. The highest BCUT2D eigenvalue weighted by atomic mass is 16.6. The molecule has 2 rings (SSSR count). The maximum Gasteiger partial charge on any atom is 0.411 e. The highest BCUT2D eigenvalue weighted by molar-refractivity contribution is 5.68. The number of carbonyl (C=O) groups excluding carboxylic acids is 1.